The van der Waals surface area contributed by atoms with Gasteiger partial charge in [-0.2, -0.15) is 0 Å². The Balaban J connectivity index is 2.47. The van der Waals surface area contributed by atoms with Gasteiger partial charge in [0.25, 0.3) is 0 Å². The largest absolute Gasteiger partial charge is 0.480 e. The summed E-state index contributed by atoms with van der Waals surface area (Å²) in [6, 6.07) is 5.96. The molecule has 0 bridgehead atoms. The second-order valence-corrected chi connectivity index (χ2v) is 5.34. The molecule has 0 aromatic heterocycles. The van der Waals surface area contributed by atoms with Crippen LogP contribution in [0.15, 0.2) is 30.3 Å². The van der Waals surface area contributed by atoms with Gasteiger partial charge in [0, 0.05) is 0 Å². The van der Waals surface area contributed by atoms with E-state index in [0.29, 0.717) is 5.56 Å². The Bertz CT molecular complexity index is 846. The molecule has 2 rings (SSSR count). The van der Waals surface area contributed by atoms with E-state index in [1.165, 1.54) is 12.1 Å². The Labute approximate surface area is 149 Å². The molecule has 2 aromatic rings. The average molecular weight is 389 g/mol. The third kappa shape index (κ3) is 3.99. The zero-order valence-corrected chi connectivity index (χ0v) is 13.7. The van der Waals surface area contributed by atoms with Gasteiger partial charge in [0.15, 0.2) is 23.3 Å². The van der Waals surface area contributed by atoms with Gasteiger partial charge in [-0.15, -0.1) is 0 Å². The number of hydrogen-bond donors (Lipinski definition) is 1. The fourth-order valence-corrected chi connectivity index (χ4v) is 2.15. The number of carboxylic acid groups (broad SMARTS) is 1. The second-order valence-electron chi connectivity index (χ2n) is 5.34. The molecule has 0 aliphatic carbocycles. The van der Waals surface area contributed by atoms with Crippen LogP contribution in [0.25, 0.3) is 0 Å². The number of amides is 1. The Hall–Kier alpha value is -3.17. The van der Waals surface area contributed by atoms with Crippen molar-refractivity contribution in [3.05, 3.63) is 65.0 Å². The molecule has 0 fully saturated rings. The zero-order chi connectivity index (χ0) is 20.3. The summed E-state index contributed by atoms with van der Waals surface area (Å²) in [6.45, 7) is 0.405. The second kappa shape index (κ2) is 8.02. The molecule has 27 heavy (non-hydrogen) atoms. The van der Waals surface area contributed by atoms with E-state index >= 15 is 0 Å². The van der Waals surface area contributed by atoms with Gasteiger partial charge in [-0.05, 0) is 12.5 Å². The quantitative estimate of drug-likeness (QED) is 0.477. The van der Waals surface area contributed by atoms with E-state index in [1.807, 2.05) is 0 Å². The van der Waals surface area contributed by atoms with Crippen LogP contribution < -0.4 is 4.90 Å². The fraction of sp³-hybridized carbons (Fsp3) is 0.176. The highest BCUT2D eigenvalue weighted by Crippen LogP contribution is 2.32. The fourth-order valence-electron chi connectivity index (χ4n) is 2.15. The number of rotatable bonds is 5. The summed E-state index contributed by atoms with van der Waals surface area (Å²) in [7, 11) is 0. The molecule has 2 aromatic carbocycles. The number of anilines is 1. The molecule has 1 amide bonds. The van der Waals surface area contributed by atoms with Crippen LogP contribution in [0.3, 0.4) is 0 Å². The molecule has 10 heteroatoms. The SMILES string of the molecule is C[C@@H](C(=O)O)N(C(=O)OCc1ccccc1)c1c(F)c(F)c(F)c(F)c1F. The highest BCUT2D eigenvalue weighted by atomic mass is 19.2. The lowest BCUT2D eigenvalue weighted by Crippen LogP contribution is -2.45. The van der Waals surface area contributed by atoms with Crippen LogP contribution in [0.1, 0.15) is 12.5 Å². The van der Waals surface area contributed by atoms with Crippen LogP contribution in [0.4, 0.5) is 32.4 Å². The number of ether oxygens (including phenoxy) is 1. The summed E-state index contributed by atoms with van der Waals surface area (Å²) in [6.07, 6.45) is -1.60. The maximum atomic E-state index is 14.0. The third-order valence-electron chi connectivity index (χ3n) is 3.57. The highest BCUT2D eigenvalue weighted by molar-refractivity contribution is 5.95. The van der Waals surface area contributed by atoms with E-state index in [4.69, 9.17) is 9.84 Å². The minimum atomic E-state index is -2.44. The summed E-state index contributed by atoms with van der Waals surface area (Å²) in [5, 5.41) is 9.07. The van der Waals surface area contributed by atoms with Gasteiger partial charge < -0.3 is 9.84 Å². The predicted octanol–water partition coefficient (Wildman–Crippen LogP) is 4.00. The van der Waals surface area contributed by atoms with Crippen molar-refractivity contribution in [2.24, 2.45) is 0 Å². The Kier molecular flexibility index (Phi) is 5.98. The van der Waals surface area contributed by atoms with E-state index < -0.39 is 59.5 Å². The molecule has 0 aliphatic rings. The Morgan fingerprint density at radius 3 is 1.93 bits per heavy atom. The smallest absolute Gasteiger partial charge is 0.415 e. The van der Waals surface area contributed by atoms with E-state index in [0.717, 1.165) is 6.92 Å². The maximum absolute atomic E-state index is 14.0. The van der Waals surface area contributed by atoms with Crippen LogP contribution in [0.5, 0.6) is 0 Å². The number of halogens is 5. The van der Waals surface area contributed by atoms with Crippen LogP contribution in [0, 0.1) is 29.1 Å². The summed E-state index contributed by atoms with van der Waals surface area (Å²) in [5.41, 5.74) is -1.26. The van der Waals surface area contributed by atoms with Crippen LogP contribution in [0.2, 0.25) is 0 Å². The Morgan fingerprint density at radius 1 is 0.963 bits per heavy atom. The normalized spacial score (nSPS) is 11.8. The van der Waals surface area contributed by atoms with E-state index in [2.05, 4.69) is 0 Å². The van der Waals surface area contributed by atoms with Crippen molar-refractivity contribution in [2.75, 3.05) is 4.90 Å². The van der Waals surface area contributed by atoms with Crippen molar-refractivity contribution in [1.82, 2.24) is 0 Å². The molecule has 5 nitrogen and oxygen atoms in total. The highest BCUT2D eigenvalue weighted by Gasteiger charge is 2.37. The molecule has 1 atom stereocenters. The number of aliphatic carboxylic acids is 1. The van der Waals surface area contributed by atoms with E-state index in [-0.39, 0.29) is 4.90 Å². The van der Waals surface area contributed by atoms with Crippen molar-refractivity contribution in [3.8, 4) is 0 Å². The molecule has 0 heterocycles. The summed E-state index contributed by atoms with van der Waals surface area (Å²) in [5.74, 6) is -13.5. The number of carbonyl (C=O) groups excluding carboxylic acids is 1. The van der Waals surface area contributed by atoms with Crippen molar-refractivity contribution in [3.63, 3.8) is 0 Å². The third-order valence-corrected chi connectivity index (χ3v) is 3.57. The number of hydrogen-bond acceptors (Lipinski definition) is 3. The summed E-state index contributed by atoms with van der Waals surface area (Å²) >= 11 is 0. The van der Waals surface area contributed by atoms with Crippen molar-refractivity contribution >= 4 is 17.7 Å². The monoisotopic (exact) mass is 389 g/mol. The van der Waals surface area contributed by atoms with Gasteiger partial charge in [0.05, 0.1) is 0 Å². The van der Waals surface area contributed by atoms with Crippen LogP contribution in [-0.2, 0) is 16.1 Å². The molecular weight excluding hydrogens is 377 g/mol. The van der Waals surface area contributed by atoms with Gasteiger partial charge in [-0.1, -0.05) is 30.3 Å². The van der Waals surface area contributed by atoms with E-state index in [1.54, 1.807) is 18.2 Å². The first kappa shape index (κ1) is 20.1. The molecule has 0 unspecified atom stereocenters. The van der Waals surface area contributed by atoms with Gasteiger partial charge in [0.2, 0.25) is 5.82 Å². The summed E-state index contributed by atoms with van der Waals surface area (Å²) in [4.78, 5) is 23.3. The van der Waals surface area contributed by atoms with Crippen molar-refractivity contribution in [1.29, 1.82) is 0 Å². The predicted molar refractivity (Wildman–Crippen MR) is 82.4 cm³/mol. The lowest BCUT2D eigenvalue weighted by atomic mass is 10.2. The van der Waals surface area contributed by atoms with Crippen LogP contribution in [-0.4, -0.2) is 23.2 Å². The first-order chi connectivity index (χ1) is 12.7. The number of carboxylic acids is 1. The molecule has 0 radical (unpaired) electrons. The Morgan fingerprint density at radius 2 is 1.44 bits per heavy atom. The van der Waals surface area contributed by atoms with Gasteiger partial charge in [-0.25, -0.2) is 31.5 Å². The average Bonchev–Trinajstić information content (AvgIpc) is 2.66. The standard InChI is InChI=1S/C17H12F5NO4/c1-8(16(24)25)23(17(26)27-7-9-5-3-2-4-6-9)15-13(21)11(19)10(18)12(20)14(15)22/h2-6,8H,7H2,1H3,(H,24,25)/t8-/m0/s1. The topological polar surface area (TPSA) is 66.8 Å². The number of benzene rings is 2. The van der Waals surface area contributed by atoms with Gasteiger partial charge in [0.1, 0.15) is 18.3 Å². The zero-order valence-electron chi connectivity index (χ0n) is 13.7. The molecule has 0 aliphatic heterocycles. The molecular formula is C17H12F5NO4. The maximum Gasteiger partial charge on any atom is 0.415 e. The van der Waals surface area contributed by atoms with Gasteiger partial charge >= 0.3 is 12.1 Å². The van der Waals surface area contributed by atoms with Crippen molar-refractivity contribution in [2.45, 2.75) is 19.6 Å². The number of carbonyl (C=O) groups is 2. The van der Waals surface area contributed by atoms with E-state index in [9.17, 15) is 31.5 Å². The summed E-state index contributed by atoms with van der Waals surface area (Å²) < 4.78 is 73.0. The molecule has 0 saturated carbocycles. The first-order valence-electron chi connectivity index (χ1n) is 7.41. The molecule has 0 spiro atoms. The lowest BCUT2D eigenvalue weighted by Gasteiger charge is -2.26. The molecule has 0 saturated heterocycles. The minimum absolute atomic E-state index is 0.137. The number of nitrogens with zero attached hydrogens (tertiary/aromatic N) is 1. The first-order valence-corrected chi connectivity index (χ1v) is 7.41. The van der Waals surface area contributed by atoms with Crippen molar-refractivity contribution < 1.29 is 41.4 Å². The minimum Gasteiger partial charge on any atom is -0.480 e. The molecule has 144 valence electrons. The van der Waals surface area contributed by atoms with Gasteiger partial charge in [-0.3, -0.25) is 4.90 Å². The lowest BCUT2D eigenvalue weighted by molar-refractivity contribution is -0.138. The molecule has 1 N–H and O–H groups in total. The van der Waals surface area contributed by atoms with Crippen LogP contribution >= 0.6 is 0 Å².